The minimum absolute atomic E-state index is 0.250. The van der Waals surface area contributed by atoms with Crippen molar-refractivity contribution in [1.82, 2.24) is 18.6 Å². The molecule has 9 heteroatoms. The molecule has 0 amide bonds. The van der Waals surface area contributed by atoms with Crippen LogP contribution in [0.4, 0.5) is 5.82 Å². The molecule has 0 unspecified atom stereocenters. The maximum absolute atomic E-state index is 12.4. The molecule has 0 radical (unpaired) electrons. The van der Waals surface area contributed by atoms with Crippen LogP contribution in [-0.2, 0) is 14.9 Å². The zero-order chi connectivity index (χ0) is 15.6. The van der Waals surface area contributed by atoms with Gasteiger partial charge in [-0.05, 0) is 6.92 Å². The lowest BCUT2D eigenvalue weighted by Gasteiger charge is -2.35. The first-order chi connectivity index (χ1) is 9.86. The Hall–Kier alpha value is -1.29. The summed E-state index contributed by atoms with van der Waals surface area (Å²) in [5.74, 6) is 1.11. The number of aryl methyl sites for hydroxylation is 1. The highest BCUT2D eigenvalue weighted by molar-refractivity contribution is 7.86. The van der Waals surface area contributed by atoms with Gasteiger partial charge in [-0.15, -0.1) is 0 Å². The van der Waals surface area contributed by atoms with Crippen molar-refractivity contribution in [3.63, 3.8) is 0 Å². The van der Waals surface area contributed by atoms with Crippen LogP contribution in [0, 0.1) is 6.92 Å². The van der Waals surface area contributed by atoms with E-state index in [2.05, 4.69) is 15.3 Å². The van der Waals surface area contributed by atoms with Gasteiger partial charge in [0.05, 0.1) is 13.2 Å². The van der Waals surface area contributed by atoms with Crippen molar-refractivity contribution in [1.29, 1.82) is 0 Å². The molecule has 118 valence electrons. The van der Waals surface area contributed by atoms with Gasteiger partial charge in [0, 0.05) is 39.4 Å². The lowest BCUT2D eigenvalue weighted by atomic mass is 10.2. The third-order valence-electron chi connectivity index (χ3n) is 3.26. The lowest BCUT2D eigenvalue weighted by molar-refractivity contribution is 0.0268. The van der Waals surface area contributed by atoms with Crippen LogP contribution >= 0.6 is 0 Å². The standard InChI is InChI=1S/C12H21N5O3S/c1-9-7-11(13-2)15-12(14-9)10-8-20-6-5-17(10)21(18,19)16(3)4/h7,10H,5-6,8H2,1-4H3,(H,13,14,15)/t10-/m0/s1. The molecule has 21 heavy (non-hydrogen) atoms. The molecule has 1 saturated heterocycles. The molecule has 0 aromatic carbocycles. The van der Waals surface area contributed by atoms with Crippen molar-refractivity contribution in [3.05, 3.63) is 17.6 Å². The average Bonchev–Trinajstić information content (AvgIpc) is 2.46. The molecule has 1 aliphatic rings. The number of aromatic nitrogens is 2. The van der Waals surface area contributed by atoms with Gasteiger partial charge in [0.15, 0.2) is 5.82 Å². The number of hydrogen-bond acceptors (Lipinski definition) is 6. The third kappa shape index (κ3) is 3.31. The largest absolute Gasteiger partial charge is 0.378 e. The van der Waals surface area contributed by atoms with E-state index in [0.29, 0.717) is 18.2 Å². The molecule has 1 aromatic rings. The van der Waals surface area contributed by atoms with E-state index in [-0.39, 0.29) is 13.2 Å². The summed E-state index contributed by atoms with van der Waals surface area (Å²) < 4.78 is 32.9. The monoisotopic (exact) mass is 315 g/mol. The van der Waals surface area contributed by atoms with E-state index >= 15 is 0 Å². The summed E-state index contributed by atoms with van der Waals surface area (Å²) in [6.07, 6.45) is 0. The van der Waals surface area contributed by atoms with Gasteiger partial charge >= 0.3 is 0 Å². The molecule has 0 saturated carbocycles. The average molecular weight is 315 g/mol. The van der Waals surface area contributed by atoms with Gasteiger partial charge in [0.25, 0.3) is 10.2 Å². The first kappa shape index (κ1) is 16.1. The predicted molar refractivity (Wildman–Crippen MR) is 79.2 cm³/mol. The number of nitrogens with zero attached hydrogens (tertiary/aromatic N) is 4. The van der Waals surface area contributed by atoms with Crippen LogP contribution < -0.4 is 5.32 Å². The fourth-order valence-electron chi connectivity index (χ4n) is 2.15. The van der Waals surface area contributed by atoms with E-state index in [1.165, 1.54) is 22.7 Å². The SMILES string of the molecule is CNc1cc(C)nc([C@@H]2COCCN2S(=O)(=O)N(C)C)n1. The number of anilines is 1. The van der Waals surface area contributed by atoms with Crippen molar-refractivity contribution in [2.45, 2.75) is 13.0 Å². The highest BCUT2D eigenvalue weighted by Crippen LogP contribution is 2.26. The Labute approximate surface area is 125 Å². The van der Waals surface area contributed by atoms with E-state index in [0.717, 1.165) is 5.69 Å². The normalized spacial score (nSPS) is 20.7. The molecule has 1 aliphatic heterocycles. The Balaban J connectivity index is 2.42. The van der Waals surface area contributed by atoms with E-state index in [1.54, 1.807) is 13.1 Å². The Bertz CT molecular complexity index is 605. The van der Waals surface area contributed by atoms with Gasteiger partial charge in [-0.25, -0.2) is 9.97 Å². The molecule has 1 N–H and O–H groups in total. The smallest absolute Gasteiger partial charge is 0.282 e. The summed E-state index contributed by atoms with van der Waals surface area (Å²) in [7, 11) is 1.24. The van der Waals surface area contributed by atoms with Gasteiger partial charge in [0.1, 0.15) is 11.9 Å². The zero-order valence-corrected chi connectivity index (χ0v) is 13.5. The molecule has 0 spiro atoms. The molecule has 2 rings (SSSR count). The summed E-state index contributed by atoms with van der Waals surface area (Å²) in [6.45, 7) is 2.76. The molecule has 1 fully saturated rings. The summed E-state index contributed by atoms with van der Waals surface area (Å²) in [5, 5.41) is 2.95. The van der Waals surface area contributed by atoms with Crippen molar-refractivity contribution in [3.8, 4) is 0 Å². The first-order valence-corrected chi connectivity index (χ1v) is 8.06. The maximum Gasteiger partial charge on any atom is 0.282 e. The van der Waals surface area contributed by atoms with E-state index in [9.17, 15) is 8.42 Å². The lowest BCUT2D eigenvalue weighted by Crippen LogP contribution is -2.48. The molecule has 2 heterocycles. The number of ether oxygens (including phenoxy) is 1. The first-order valence-electron chi connectivity index (χ1n) is 6.66. The Morgan fingerprint density at radius 1 is 1.43 bits per heavy atom. The number of nitrogens with one attached hydrogen (secondary N) is 1. The number of hydrogen-bond donors (Lipinski definition) is 1. The molecule has 1 atom stereocenters. The highest BCUT2D eigenvalue weighted by Gasteiger charge is 2.37. The predicted octanol–water partition coefficient (Wildman–Crippen LogP) is 0.00642. The second kappa shape index (κ2) is 6.22. The van der Waals surface area contributed by atoms with Crippen molar-refractivity contribution in [2.24, 2.45) is 0 Å². The van der Waals surface area contributed by atoms with Crippen LogP contribution in [0.3, 0.4) is 0 Å². The third-order valence-corrected chi connectivity index (χ3v) is 5.22. The Morgan fingerprint density at radius 3 is 2.76 bits per heavy atom. The molecule has 8 nitrogen and oxygen atoms in total. The summed E-state index contributed by atoms with van der Waals surface area (Å²) in [6, 6.07) is 1.29. The Morgan fingerprint density at radius 2 is 2.14 bits per heavy atom. The van der Waals surface area contributed by atoms with Gasteiger partial charge in [-0.2, -0.15) is 17.0 Å². The number of rotatable bonds is 4. The van der Waals surface area contributed by atoms with Gasteiger partial charge in [0.2, 0.25) is 0 Å². The van der Waals surface area contributed by atoms with Crippen LogP contribution in [-0.4, -0.2) is 67.9 Å². The maximum atomic E-state index is 12.4. The van der Waals surface area contributed by atoms with E-state index in [1.807, 2.05) is 6.92 Å². The molecule has 0 aliphatic carbocycles. The van der Waals surface area contributed by atoms with Crippen molar-refractivity contribution in [2.75, 3.05) is 46.2 Å². The number of morpholine rings is 1. The van der Waals surface area contributed by atoms with Crippen molar-refractivity contribution < 1.29 is 13.2 Å². The van der Waals surface area contributed by atoms with Crippen LogP contribution in [0.1, 0.15) is 17.6 Å². The molecule has 1 aromatic heterocycles. The van der Waals surface area contributed by atoms with Crippen LogP contribution in [0.15, 0.2) is 6.07 Å². The van der Waals surface area contributed by atoms with Gasteiger partial charge in [-0.3, -0.25) is 0 Å². The molecule has 0 bridgehead atoms. The fourth-order valence-corrected chi connectivity index (χ4v) is 3.35. The van der Waals surface area contributed by atoms with Crippen LogP contribution in [0.25, 0.3) is 0 Å². The summed E-state index contributed by atoms with van der Waals surface area (Å²) in [4.78, 5) is 8.74. The van der Waals surface area contributed by atoms with Crippen molar-refractivity contribution >= 4 is 16.0 Å². The van der Waals surface area contributed by atoms with Gasteiger partial charge < -0.3 is 10.1 Å². The minimum Gasteiger partial charge on any atom is -0.378 e. The topological polar surface area (TPSA) is 87.7 Å². The minimum atomic E-state index is -3.54. The second-order valence-electron chi connectivity index (χ2n) is 4.99. The van der Waals surface area contributed by atoms with E-state index in [4.69, 9.17) is 4.74 Å². The Kier molecular flexibility index (Phi) is 4.77. The van der Waals surface area contributed by atoms with Gasteiger partial charge in [-0.1, -0.05) is 0 Å². The van der Waals surface area contributed by atoms with E-state index < -0.39 is 16.3 Å². The zero-order valence-electron chi connectivity index (χ0n) is 12.7. The second-order valence-corrected chi connectivity index (χ2v) is 7.09. The molecular weight excluding hydrogens is 294 g/mol. The van der Waals surface area contributed by atoms with Crippen LogP contribution in [0.5, 0.6) is 0 Å². The summed E-state index contributed by atoms with van der Waals surface area (Å²) >= 11 is 0. The highest BCUT2D eigenvalue weighted by atomic mass is 32.2. The quantitative estimate of drug-likeness (QED) is 0.842. The summed E-state index contributed by atoms with van der Waals surface area (Å²) in [5.41, 5.74) is 0.775. The molecular formula is C12H21N5O3S. The fraction of sp³-hybridized carbons (Fsp3) is 0.667. The van der Waals surface area contributed by atoms with Crippen LogP contribution in [0.2, 0.25) is 0 Å².